The van der Waals surface area contributed by atoms with Crippen LogP contribution in [-0.2, 0) is 0 Å². The molecule has 1 aromatic heterocycles. The van der Waals surface area contributed by atoms with Gasteiger partial charge in [-0.3, -0.25) is 4.98 Å². The molecule has 0 fully saturated rings. The molecule has 0 spiro atoms. The molecule has 0 saturated carbocycles. The molecule has 0 saturated heterocycles. The molecule has 3 rings (SSSR count). The first kappa shape index (κ1) is 20.4. The van der Waals surface area contributed by atoms with Crippen molar-refractivity contribution in [1.29, 1.82) is 5.26 Å². The van der Waals surface area contributed by atoms with Gasteiger partial charge in [0.05, 0.1) is 6.04 Å². The number of aliphatic hydroxyl groups excluding tert-OH is 1. The van der Waals surface area contributed by atoms with Gasteiger partial charge in [0, 0.05) is 23.5 Å². The van der Waals surface area contributed by atoms with E-state index in [0.717, 1.165) is 12.1 Å². The molecule has 0 bridgehead atoms. The Kier molecular flexibility index (Phi) is 5.35. The fraction of sp³-hybridized carbons (Fsp3) is 0.316. The Balaban J connectivity index is 2.04. The summed E-state index contributed by atoms with van der Waals surface area (Å²) in [5.41, 5.74) is -0.369. The summed E-state index contributed by atoms with van der Waals surface area (Å²) in [5, 5.41) is 22.8. The average molecular weight is 406 g/mol. The molecule has 1 aromatic carbocycles. The maximum absolute atomic E-state index is 12.6. The molecule has 152 valence electrons. The van der Waals surface area contributed by atoms with Crippen molar-refractivity contribution in [1.82, 2.24) is 10.3 Å². The first-order chi connectivity index (χ1) is 13.6. The van der Waals surface area contributed by atoms with Crippen molar-refractivity contribution in [3.63, 3.8) is 0 Å². The van der Waals surface area contributed by atoms with E-state index < -0.39 is 29.9 Å². The number of hydrogen-bond acceptors (Lipinski definition) is 6. The van der Waals surface area contributed by atoms with Gasteiger partial charge < -0.3 is 19.9 Å². The third-order valence-corrected chi connectivity index (χ3v) is 4.34. The SMILES string of the molecule is CC1(C)Oc2ccc(OC(F)(F)F)cc2[C@@H](NC(=NC#N)c2cccnc2)[C@@H]1O. The molecule has 10 heteroatoms. The van der Waals surface area contributed by atoms with Crippen molar-refractivity contribution >= 4 is 5.84 Å². The van der Waals surface area contributed by atoms with Crippen molar-refractivity contribution in [2.75, 3.05) is 0 Å². The molecule has 2 atom stereocenters. The zero-order chi connectivity index (χ0) is 21.2. The Morgan fingerprint density at radius 3 is 2.76 bits per heavy atom. The topological polar surface area (TPSA) is 99.8 Å². The molecule has 1 aliphatic heterocycles. The summed E-state index contributed by atoms with van der Waals surface area (Å²) < 4.78 is 47.6. The zero-order valence-electron chi connectivity index (χ0n) is 15.4. The standard InChI is InChI=1S/C19H17F3N4O3/c1-18(2)16(27)15(26-17(25-10-23)11-4-3-7-24-9-11)13-8-12(28-19(20,21)22)5-6-14(13)29-18/h3-9,15-16,27H,1-2H3,(H,25,26)/t15-,16+/m1/s1. The van der Waals surface area contributed by atoms with Crippen LogP contribution in [0, 0.1) is 11.5 Å². The van der Waals surface area contributed by atoms with Gasteiger partial charge in [0.1, 0.15) is 29.0 Å². The van der Waals surface area contributed by atoms with Gasteiger partial charge in [-0.2, -0.15) is 10.3 Å². The molecular formula is C19H17F3N4O3. The third-order valence-electron chi connectivity index (χ3n) is 4.34. The van der Waals surface area contributed by atoms with Crippen LogP contribution >= 0.6 is 0 Å². The van der Waals surface area contributed by atoms with Crippen molar-refractivity contribution < 1.29 is 27.8 Å². The van der Waals surface area contributed by atoms with Gasteiger partial charge in [-0.1, -0.05) is 0 Å². The molecule has 0 aliphatic carbocycles. The monoisotopic (exact) mass is 406 g/mol. The molecule has 0 radical (unpaired) electrons. The van der Waals surface area contributed by atoms with Crippen LogP contribution in [0.15, 0.2) is 47.7 Å². The number of fused-ring (bicyclic) bond motifs is 1. The summed E-state index contributed by atoms with van der Waals surface area (Å²) in [5.74, 6) is -0.0797. The molecule has 2 N–H and O–H groups in total. The fourth-order valence-electron chi connectivity index (χ4n) is 3.01. The molecule has 0 unspecified atom stereocenters. The number of nitriles is 1. The lowest BCUT2D eigenvalue weighted by molar-refractivity contribution is -0.274. The number of pyridine rings is 1. The van der Waals surface area contributed by atoms with E-state index in [4.69, 9.17) is 10.00 Å². The summed E-state index contributed by atoms with van der Waals surface area (Å²) >= 11 is 0. The highest BCUT2D eigenvalue weighted by atomic mass is 19.4. The van der Waals surface area contributed by atoms with Crippen LogP contribution in [0.5, 0.6) is 11.5 Å². The predicted molar refractivity (Wildman–Crippen MR) is 96.1 cm³/mol. The second kappa shape index (κ2) is 7.60. The van der Waals surface area contributed by atoms with Gasteiger partial charge in [-0.05, 0) is 44.2 Å². The lowest BCUT2D eigenvalue weighted by Gasteiger charge is -2.42. The number of nitrogens with one attached hydrogen (secondary N) is 1. The fourth-order valence-corrected chi connectivity index (χ4v) is 3.01. The van der Waals surface area contributed by atoms with E-state index in [-0.39, 0.29) is 17.1 Å². The lowest BCUT2D eigenvalue weighted by Crippen LogP contribution is -2.53. The van der Waals surface area contributed by atoms with Crippen LogP contribution < -0.4 is 14.8 Å². The normalized spacial score (nSPS) is 20.8. The van der Waals surface area contributed by atoms with Crippen LogP contribution in [0.1, 0.15) is 31.0 Å². The van der Waals surface area contributed by atoms with Crippen LogP contribution in [0.4, 0.5) is 13.2 Å². The number of ether oxygens (including phenoxy) is 2. The maximum Gasteiger partial charge on any atom is 0.573 e. The van der Waals surface area contributed by atoms with Crippen LogP contribution in [-0.4, -0.2) is 34.0 Å². The molecule has 2 heterocycles. The summed E-state index contributed by atoms with van der Waals surface area (Å²) in [6, 6.07) is 5.95. The largest absolute Gasteiger partial charge is 0.573 e. The third kappa shape index (κ3) is 4.57. The quantitative estimate of drug-likeness (QED) is 0.462. The highest BCUT2D eigenvalue weighted by Crippen LogP contribution is 2.42. The minimum Gasteiger partial charge on any atom is -0.485 e. The molecule has 7 nitrogen and oxygen atoms in total. The van der Waals surface area contributed by atoms with Gasteiger partial charge in [-0.15, -0.1) is 13.2 Å². The number of rotatable bonds is 3. The van der Waals surface area contributed by atoms with E-state index in [0.29, 0.717) is 5.56 Å². The van der Waals surface area contributed by atoms with E-state index in [1.165, 1.54) is 18.5 Å². The minimum atomic E-state index is -4.87. The van der Waals surface area contributed by atoms with Crippen LogP contribution in [0.25, 0.3) is 0 Å². The number of aliphatic imine (C=N–C) groups is 1. The van der Waals surface area contributed by atoms with Crippen molar-refractivity contribution in [3.05, 3.63) is 53.9 Å². The predicted octanol–water partition coefficient (Wildman–Crippen LogP) is 3.07. The van der Waals surface area contributed by atoms with E-state index in [1.807, 2.05) is 0 Å². The Hall–Kier alpha value is -3.32. The summed E-state index contributed by atoms with van der Waals surface area (Å²) in [6.45, 7) is 3.28. The molecule has 29 heavy (non-hydrogen) atoms. The number of nitrogens with zero attached hydrogens (tertiary/aromatic N) is 3. The smallest absolute Gasteiger partial charge is 0.485 e. The molecule has 1 aliphatic rings. The minimum absolute atomic E-state index is 0.107. The van der Waals surface area contributed by atoms with Gasteiger partial charge in [0.25, 0.3) is 0 Å². The number of aromatic nitrogens is 1. The zero-order valence-corrected chi connectivity index (χ0v) is 15.4. The molecule has 2 aromatic rings. The number of benzene rings is 1. The van der Waals surface area contributed by atoms with E-state index in [1.54, 1.807) is 32.2 Å². The maximum atomic E-state index is 12.6. The van der Waals surface area contributed by atoms with Crippen LogP contribution in [0.2, 0.25) is 0 Å². The first-order valence-corrected chi connectivity index (χ1v) is 8.51. The Labute approximate surface area is 164 Å². The van der Waals surface area contributed by atoms with Crippen molar-refractivity contribution in [2.24, 2.45) is 4.99 Å². The Morgan fingerprint density at radius 2 is 2.14 bits per heavy atom. The molecule has 0 amide bonds. The number of aliphatic hydroxyl groups is 1. The number of halogens is 3. The second-order valence-corrected chi connectivity index (χ2v) is 6.82. The highest BCUT2D eigenvalue weighted by molar-refractivity contribution is 5.99. The average Bonchev–Trinajstić information content (AvgIpc) is 2.64. The van der Waals surface area contributed by atoms with E-state index in [2.05, 4.69) is 20.0 Å². The van der Waals surface area contributed by atoms with Crippen LogP contribution in [0.3, 0.4) is 0 Å². The molecular weight excluding hydrogens is 389 g/mol. The van der Waals surface area contributed by atoms with E-state index >= 15 is 0 Å². The van der Waals surface area contributed by atoms with Gasteiger partial charge in [0.2, 0.25) is 6.19 Å². The Bertz CT molecular complexity index is 955. The summed E-state index contributed by atoms with van der Waals surface area (Å²) in [4.78, 5) is 7.70. The van der Waals surface area contributed by atoms with Crippen molar-refractivity contribution in [2.45, 2.75) is 38.0 Å². The van der Waals surface area contributed by atoms with Gasteiger partial charge >= 0.3 is 6.36 Å². The highest BCUT2D eigenvalue weighted by Gasteiger charge is 2.44. The number of hydrogen-bond donors (Lipinski definition) is 2. The van der Waals surface area contributed by atoms with Crippen molar-refractivity contribution in [3.8, 4) is 17.7 Å². The number of alkyl halides is 3. The second-order valence-electron chi connectivity index (χ2n) is 6.82. The van der Waals surface area contributed by atoms with E-state index in [9.17, 15) is 18.3 Å². The lowest BCUT2D eigenvalue weighted by atomic mass is 9.86. The van der Waals surface area contributed by atoms with Gasteiger partial charge in [0.15, 0.2) is 0 Å². The summed E-state index contributed by atoms with van der Waals surface area (Å²) in [7, 11) is 0. The Morgan fingerprint density at radius 1 is 1.38 bits per heavy atom. The first-order valence-electron chi connectivity index (χ1n) is 8.51. The summed E-state index contributed by atoms with van der Waals surface area (Å²) in [6.07, 6.45) is -1.38. The van der Waals surface area contributed by atoms with Gasteiger partial charge in [-0.25, -0.2) is 0 Å². The number of amidine groups is 1.